The molecule has 2 aromatic heterocycles. The van der Waals surface area contributed by atoms with Gasteiger partial charge in [-0.3, -0.25) is 9.78 Å². The lowest BCUT2D eigenvalue weighted by Gasteiger charge is -1.81. The van der Waals surface area contributed by atoms with Crippen LogP contribution >= 0.6 is 0 Å². The van der Waals surface area contributed by atoms with Crippen molar-refractivity contribution in [2.45, 2.75) is 6.92 Å². The van der Waals surface area contributed by atoms with Gasteiger partial charge in [-0.1, -0.05) is 5.16 Å². The molecule has 2 rings (SSSR count). The molecular formula is C6H5N3O3. The van der Waals surface area contributed by atoms with Crippen LogP contribution in [0.25, 0.3) is 11.2 Å². The van der Waals surface area contributed by atoms with Crippen molar-refractivity contribution < 1.29 is 9.32 Å². The highest BCUT2D eigenvalue weighted by Crippen LogP contribution is 2.11. The Morgan fingerprint density at radius 3 is 2.92 bits per heavy atom. The zero-order valence-corrected chi connectivity index (χ0v) is 6.17. The summed E-state index contributed by atoms with van der Waals surface area (Å²) < 4.78 is 4.67. The highest BCUT2D eigenvalue weighted by atomic mass is 16.5. The fraction of sp³-hybridized carbons (Fsp3) is 0.167. The summed E-state index contributed by atoms with van der Waals surface area (Å²) in [5.74, 6) is -0.198. The summed E-state index contributed by atoms with van der Waals surface area (Å²) in [6, 6.07) is 0. The van der Waals surface area contributed by atoms with Crippen LogP contribution in [0.3, 0.4) is 0 Å². The second-order valence-electron chi connectivity index (χ2n) is 2.37. The van der Waals surface area contributed by atoms with E-state index < -0.39 is 5.69 Å². The highest BCUT2D eigenvalue weighted by molar-refractivity contribution is 6.01. The second-order valence-corrected chi connectivity index (χ2v) is 2.37. The molecule has 6 nitrogen and oxygen atoms in total. The van der Waals surface area contributed by atoms with E-state index in [-0.39, 0.29) is 17.2 Å². The van der Waals surface area contributed by atoms with Crippen molar-refractivity contribution in [3.63, 3.8) is 0 Å². The van der Waals surface area contributed by atoms with E-state index in [1.54, 1.807) is 0 Å². The predicted molar refractivity (Wildman–Crippen MR) is 39.0 cm³/mol. The van der Waals surface area contributed by atoms with Gasteiger partial charge in [0, 0.05) is 6.92 Å². The summed E-state index contributed by atoms with van der Waals surface area (Å²) in [6.07, 6.45) is 0. The Kier molecular flexibility index (Phi) is 1.18. The number of rotatable bonds is 1. The lowest BCUT2D eigenvalue weighted by atomic mass is 10.3. The summed E-state index contributed by atoms with van der Waals surface area (Å²) in [5, 5.41) is 3.48. The minimum atomic E-state index is -0.397. The van der Waals surface area contributed by atoms with Crippen LogP contribution in [0.5, 0.6) is 0 Å². The summed E-state index contributed by atoms with van der Waals surface area (Å²) in [7, 11) is 0. The average molecular weight is 167 g/mol. The first-order chi connectivity index (χ1) is 5.68. The fourth-order valence-corrected chi connectivity index (χ4v) is 0.984. The van der Waals surface area contributed by atoms with Gasteiger partial charge < -0.3 is 9.51 Å². The summed E-state index contributed by atoms with van der Waals surface area (Å²) >= 11 is 0. The van der Waals surface area contributed by atoms with E-state index in [0.717, 1.165) is 0 Å². The van der Waals surface area contributed by atoms with Gasteiger partial charge >= 0.3 is 5.69 Å². The SMILES string of the molecule is CC(=O)c1onc2[nH]c(=O)[nH]c12. The first-order valence-corrected chi connectivity index (χ1v) is 3.27. The Balaban J connectivity index is 2.85. The van der Waals surface area contributed by atoms with Crippen LogP contribution in [-0.4, -0.2) is 20.9 Å². The molecule has 0 radical (unpaired) electrons. The Labute approximate surface area is 65.6 Å². The zero-order valence-electron chi connectivity index (χ0n) is 6.17. The zero-order chi connectivity index (χ0) is 8.72. The molecule has 0 bridgehead atoms. The molecule has 0 aliphatic heterocycles. The van der Waals surface area contributed by atoms with Crippen molar-refractivity contribution in [2.75, 3.05) is 0 Å². The van der Waals surface area contributed by atoms with E-state index in [4.69, 9.17) is 0 Å². The van der Waals surface area contributed by atoms with Gasteiger partial charge in [-0.15, -0.1) is 0 Å². The Bertz CT molecular complexity index is 489. The van der Waals surface area contributed by atoms with Crippen LogP contribution in [-0.2, 0) is 0 Å². The van der Waals surface area contributed by atoms with E-state index in [1.807, 2.05) is 0 Å². The van der Waals surface area contributed by atoms with Crippen LogP contribution in [0.4, 0.5) is 0 Å². The minimum Gasteiger partial charge on any atom is -0.349 e. The number of carbonyl (C=O) groups excluding carboxylic acids is 1. The molecule has 0 saturated carbocycles. The number of H-pyrrole nitrogens is 2. The minimum absolute atomic E-state index is 0.0725. The number of ketones is 1. The van der Waals surface area contributed by atoms with E-state index in [2.05, 4.69) is 19.6 Å². The van der Waals surface area contributed by atoms with E-state index in [9.17, 15) is 9.59 Å². The van der Waals surface area contributed by atoms with Crippen molar-refractivity contribution in [1.82, 2.24) is 15.1 Å². The van der Waals surface area contributed by atoms with Gasteiger partial charge in [-0.05, 0) is 0 Å². The van der Waals surface area contributed by atoms with Crippen molar-refractivity contribution in [1.29, 1.82) is 0 Å². The molecule has 2 heterocycles. The van der Waals surface area contributed by atoms with Gasteiger partial charge in [0.15, 0.2) is 5.78 Å². The molecule has 2 aromatic rings. The number of nitrogens with zero attached hydrogens (tertiary/aromatic N) is 1. The van der Waals surface area contributed by atoms with Gasteiger partial charge in [0.1, 0.15) is 5.52 Å². The number of carbonyl (C=O) groups is 1. The van der Waals surface area contributed by atoms with E-state index in [1.165, 1.54) is 6.92 Å². The molecule has 0 saturated heterocycles. The number of fused-ring (bicyclic) bond motifs is 1. The van der Waals surface area contributed by atoms with E-state index in [0.29, 0.717) is 5.52 Å². The molecule has 0 aromatic carbocycles. The smallest absolute Gasteiger partial charge is 0.325 e. The number of nitrogens with one attached hydrogen (secondary N) is 2. The quantitative estimate of drug-likeness (QED) is 0.587. The van der Waals surface area contributed by atoms with Gasteiger partial charge in [-0.2, -0.15) is 0 Å². The highest BCUT2D eigenvalue weighted by Gasteiger charge is 2.14. The van der Waals surface area contributed by atoms with Crippen LogP contribution in [0.1, 0.15) is 17.5 Å². The van der Waals surface area contributed by atoms with Crippen molar-refractivity contribution in [3.05, 3.63) is 16.2 Å². The normalized spacial score (nSPS) is 10.8. The largest absolute Gasteiger partial charge is 0.349 e. The summed E-state index contributed by atoms with van der Waals surface area (Å²) in [5.41, 5.74) is 0.198. The molecule has 6 heteroatoms. The van der Waals surface area contributed by atoms with Crippen molar-refractivity contribution >= 4 is 16.9 Å². The molecule has 0 unspecified atom stereocenters. The van der Waals surface area contributed by atoms with Crippen LogP contribution in [0.2, 0.25) is 0 Å². The third kappa shape index (κ3) is 0.777. The lowest BCUT2D eigenvalue weighted by Crippen LogP contribution is -2.01. The van der Waals surface area contributed by atoms with E-state index >= 15 is 0 Å². The average Bonchev–Trinajstić information content (AvgIpc) is 2.43. The topological polar surface area (TPSA) is 91.8 Å². The number of imidazole rings is 1. The van der Waals surface area contributed by atoms with Gasteiger partial charge in [0.2, 0.25) is 11.4 Å². The predicted octanol–water partition coefficient (Wildman–Crippen LogP) is 0.0468. The van der Waals surface area contributed by atoms with Crippen molar-refractivity contribution in [2.24, 2.45) is 0 Å². The molecule has 62 valence electrons. The molecule has 0 spiro atoms. The van der Waals surface area contributed by atoms with Crippen LogP contribution < -0.4 is 5.69 Å². The maximum Gasteiger partial charge on any atom is 0.325 e. The summed E-state index contributed by atoms with van der Waals surface area (Å²) in [4.78, 5) is 26.3. The monoisotopic (exact) mass is 167 g/mol. The Morgan fingerprint density at radius 1 is 1.50 bits per heavy atom. The molecule has 0 atom stereocenters. The first kappa shape index (κ1) is 6.84. The number of Topliss-reactive ketones (excluding diaryl/α,β-unsaturated/α-hetero) is 1. The number of hydrogen-bond acceptors (Lipinski definition) is 4. The molecule has 0 amide bonds. The van der Waals surface area contributed by atoms with Crippen LogP contribution in [0, 0.1) is 0 Å². The third-order valence-electron chi connectivity index (χ3n) is 1.48. The number of aromatic amines is 2. The lowest BCUT2D eigenvalue weighted by molar-refractivity contribution is 0.0980. The number of hydrogen-bond donors (Lipinski definition) is 2. The third-order valence-corrected chi connectivity index (χ3v) is 1.48. The van der Waals surface area contributed by atoms with Crippen LogP contribution in [0.15, 0.2) is 9.32 Å². The fourth-order valence-electron chi connectivity index (χ4n) is 0.984. The van der Waals surface area contributed by atoms with Gasteiger partial charge in [0.05, 0.1) is 0 Å². The second kappa shape index (κ2) is 2.07. The maximum absolute atomic E-state index is 10.9. The molecule has 12 heavy (non-hydrogen) atoms. The first-order valence-electron chi connectivity index (χ1n) is 3.27. The molecule has 0 aliphatic carbocycles. The molecule has 0 fully saturated rings. The van der Waals surface area contributed by atoms with Crippen molar-refractivity contribution in [3.8, 4) is 0 Å². The van der Waals surface area contributed by atoms with Gasteiger partial charge in [0.25, 0.3) is 0 Å². The molecular weight excluding hydrogens is 162 g/mol. The van der Waals surface area contributed by atoms with Gasteiger partial charge in [-0.25, -0.2) is 4.79 Å². The Hall–Kier alpha value is -1.85. The Morgan fingerprint density at radius 2 is 2.25 bits per heavy atom. The standard InChI is InChI=1S/C6H5N3O3/c1-2(10)4-3-5(9-12-4)8-6(11)7-3/h1H3,(H2,7,8,9,11). The molecule has 0 aliphatic rings. The maximum atomic E-state index is 10.9. The number of aromatic nitrogens is 3. The molecule has 2 N–H and O–H groups in total. The summed E-state index contributed by atoms with van der Waals surface area (Å²) in [6.45, 7) is 1.34.